The van der Waals surface area contributed by atoms with Crippen molar-refractivity contribution in [3.8, 4) is 11.5 Å². The van der Waals surface area contributed by atoms with E-state index in [2.05, 4.69) is 5.32 Å². The van der Waals surface area contributed by atoms with Crippen LogP contribution >= 0.6 is 0 Å². The van der Waals surface area contributed by atoms with Gasteiger partial charge in [-0.15, -0.1) is 0 Å². The first-order chi connectivity index (χ1) is 9.97. The van der Waals surface area contributed by atoms with Gasteiger partial charge in [-0.1, -0.05) is 0 Å². The summed E-state index contributed by atoms with van der Waals surface area (Å²) in [6.07, 6.45) is 2.13. The predicted molar refractivity (Wildman–Crippen MR) is 83.6 cm³/mol. The Bertz CT molecular complexity index is 461. The standard InChI is InChI=1S/C16H26N2O3/c1-11(17)6-5-7-16(19)18-12(2)14-10-13(20-3)8-9-15(14)21-4/h8-12H,5-7,17H2,1-4H3,(H,18,19). The molecule has 0 aliphatic carbocycles. The molecule has 0 heterocycles. The molecule has 5 heteroatoms. The minimum atomic E-state index is -0.141. The molecule has 21 heavy (non-hydrogen) atoms. The van der Waals surface area contributed by atoms with E-state index < -0.39 is 0 Å². The van der Waals surface area contributed by atoms with Crippen LogP contribution in [0.5, 0.6) is 11.5 Å². The maximum atomic E-state index is 11.9. The van der Waals surface area contributed by atoms with Crippen molar-refractivity contribution in [3.63, 3.8) is 0 Å². The normalized spacial score (nSPS) is 13.4. The molecule has 2 unspecified atom stereocenters. The maximum absolute atomic E-state index is 11.9. The van der Waals surface area contributed by atoms with Crippen molar-refractivity contribution in [3.05, 3.63) is 23.8 Å². The minimum Gasteiger partial charge on any atom is -0.497 e. The van der Waals surface area contributed by atoms with Gasteiger partial charge in [0.25, 0.3) is 0 Å². The highest BCUT2D eigenvalue weighted by molar-refractivity contribution is 5.76. The van der Waals surface area contributed by atoms with Crippen molar-refractivity contribution in [2.24, 2.45) is 5.73 Å². The number of carbonyl (C=O) groups is 1. The third kappa shape index (κ3) is 5.63. The van der Waals surface area contributed by atoms with Crippen LogP contribution in [0.2, 0.25) is 0 Å². The molecule has 118 valence electrons. The molecule has 0 aromatic heterocycles. The Kier molecular flexibility index (Phi) is 7.02. The van der Waals surface area contributed by atoms with Gasteiger partial charge >= 0.3 is 0 Å². The van der Waals surface area contributed by atoms with Crippen LogP contribution in [-0.2, 0) is 4.79 Å². The lowest BCUT2D eigenvalue weighted by molar-refractivity contribution is -0.121. The van der Waals surface area contributed by atoms with Gasteiger partial charge in [0.05, 0.1) is 20.3 Å². The number of amides is 1. The molecule has 3 N–H and O–H groups in total. The molecule has 5 nitrogen and oxygen atoms in total. The summed E-state index contributed by atoms with van der Waals surface area (Å²) in [6.45, 7) is 3.88. The number of ether oxygens (including phenoxy) is 2. The Morgan fingerprint density at radius 1 is 1.29 bits per heavy atom. The van der Waals surface area contributed by atoms with Crippen LogP contribution in [-0.4, -0.2) is 26.2 Å². The first kappa shape index (κ1) is 17.3. The lowest BCUT2D eigenvalue weighted by atomic mass is 10.1. The fourth-order valence-corrected chi connectivity index (χ4v) is 2.15. The zero-order chi connectivity index (χ0) is 15.8. The lowest BCUT2D eigenvalue weighted by Gasteiger charge is -2.18. The first-order valence-electron chi connectivity index (χ1n) is 7.24. The van der Waals surface area contributed by atoms with Crippen LogP contribution in [0.1, 0.15) is 44.7 Å². The smallest absolute Gasteiger partial charge is 0.220 e. The van der Waals surface area contributed by atoms with Gasteiger partial charge in [-0.25, -0.2) is 0 Å². The van der Waals surface area contributed by atoms with Crippen LogP contribution in [0.4, 0.5) is 0 Å². The second-order valence-corrected chi connectivity index (χ2v) is 5.27. The average Bonchev–Trinajstić information content (AvgIpc) is 2.45. The Hall–Kier alpha value is -1.75. The van der Waals surface area contributed by atoms with Crippen LogP contribution in [0, 0.1) is 0 Å². The highest BCUT2D eigenvalue weighted by Gasteiger charge is 2.15. The monoisotopic (exact) mass is 294 g/mol. The molecule has 0 fully saturated rings. The van der Waals surface area contributed by atoms with E-state index in [1.807, 2.05) is 32.0 Å². The van der Waals surface area contributed by atoms with Gasteiger partial charge in [0.15, 0.2) is 0 Å². The molecule has 0 aliphatic heterocycles. The Labute approximate surface area is 126 Å². The van der Waals surface area contributed by atoms with Crippen LogP contribution in [0.3, 0.4) is 0 Å². The summed E-state index contributed by atoms with van der Waals surface area (Å²) in [4.78, 5) is 11.9. The van der Waals surface area contributed by atoms with E-state index in [-0.39, 0.29) is 18.0 Å². The maximum Gasteiger partial charge on any atom is 0.220 e. The summed E-state index contributed by atoms with van der Waals surface area (Å²) in [5.41, 5.74) is 6.58. The molecule has 0 aliphatic rings. The fraction of sp³-hybridized carbons (Fsp3) is 0.562. The second-order valence-electron chi connectivity index (χ2n) is 5.27. The molecule has 1 aromatic rings. The minimum absolute atomic E-state index is 0.0213. The Morgan fingerprint density at radius 3 is 2.57 bits per heavy atom. The molecule has 0 spiro atoms. The summed E-state index contributed by atoms with van der Waals surface area (Å²) in [7, 11) is 3.23. The van der Waals surface area contributed by atoms with Gasteiger partial charge in [-0.3, -0.25) is 4.79 Å². The van der Waals surface area contributed by atoms with Crippen molar-refractivity contribution in [1.29, 1.82) is 0 Å². The summed E-state index contributed by atoms with van der Waals surface area (Å²) in [5.74, 6) is 1.50. The topological polar surface area (TPSA) is 73.6 Å². The van der Waals surface area contributed by atoms with Gasteiger partial charge in [0.2, 0.25) is 5.91 Å². The molecule has 0 bridgehead atoms. The van der Waals surface area contributed by atoms with Gasteiger partial charge in [-0.2, -0.15) is 0 Å². The van der Waals surface area contributed by atoms with Gasteiger partial charge in [-0.05, 0) is 44.9 Å². The van der Waals surface area contributed by atoms with E-state index in [0.717, 1.165) is 29.9 Å². The molecular weight excluding hydrogens is 268 g/mol. The largest absolute Gasteiger partial charge is 0.497 e. The fourth-order valence-electron chi connectivity index (χ4n) is 2.15. The van der Waals surface area contributed by atoms with E-state index in [1.165, 1.54) is 0 Å². The molecule has 1 aromatic carbocycles. The summed E-state index contributed by atoms with van der Waals surface area (Å²) in [6, 6.07) is 5.55. The van der Waals surface area contributed by atoms with E-state index in [4.69, 9.17) is 15.2 Å². The van der Waals surface area contributed by atoms with Gasteiger partial charge in [0.1, 0.15) is 11.5 Å². The van der Waals surface area contributed by atoms with Gasteiger partial charge in [0, 0.05) is 18.0 Å². The highest BCUT2D eigenvalue weighted by Crippen LogP contribution is 2.29. The molecule has 0 saturated heterocycles. The lowest BCUT2D eigenvalue weighted by Crippen LogP contribution is -2.27. The van der Waals surface area contributed by atoms with Crippen molar-refractivity contribution < 1.29 is 14.3 Å². The van der Waals surface area contributed by atoms with Gasteiger partial charge < -0.3 is 20.5 Å². The number of nitrogens with one attached hydrogen (secondary N) is 1. The second kappa shape index (κ2) is 8.52. The number of rotatable bonds is 8. The number of hydrogen-bond acceptors (Lipinski definition) is 4. The number of benzene rings is 1. The van der Waals surface area contributed by atoms with Crippen molar-refractivity contribution in [2.75, 3.05) is 14.2 Å². The van der Waals surface area contributed by atoms with Crippen molar-refractivity contribution in [1.82, 2.24) is 5.32 Å². The van der Waals surface area contributed by atoms with E-state index in [9.17, 15) is 4.79 Å². The van der Waals surface area contributed by atoms with E-state index in [0.29, 0.717) is 6.42 Å². The Morgan fingerprint density at radius 2 is 2.00 bits per heavy atom. The molecule has 1 amide bonds. The van der Waals surface area contributed by atoms with Crippen LogP contribution < -0.4 is 20.5 Å². The zero-order valence-corrected chi connectivity index (χ0v) is 13.3. The predicted octanol–water partition coefficient (Wildman–Crippen LogP) is 2.40. The summed E-state index contributed by atoms with van der Waals surface area (Å²) >= 11 is 0. The third-order valence-corrected chi connectivity index (χ3v) is 3.34. The molecule has 0 saturated carbocycles. The Balaban J connectivity index is 2.65. The van der Waals surface area contributed by atoms with E-state index in [1.54, 1.807) is 14.2 Å². The first-order valence-corrected chi connectivity index (χ1v) is 7.24. The van der Waals surface area contributed by atoms with Crippen LogP contribution in [0.15, 0.2) is 18.2 Å². The molecular formula is C16H26N2O3. The number of hydrogen-bond donors (Lipinski definition) is 2. The average molecular weight is 294 g/mol. The number of carbonyl (C=O) groups excluding carboxylic acids is 1. The number of nitrogens with two attached hydrogens (primary N) is 1. The zero-order valence-electron chi connectivity index (χ0n) is 13.3. The molecule has 2 atom stereocenters. The summed E-state index contributed by atoms with van der Waals surface area (Å²) < 4.78 is 10.6. The van der Waals surface area contributed by atoms with Crippen molar-refractivity contribution >= 4 is 5.91 Å². The van der Waals surface area contributed by atoms with Crippen molar-refractivity contribution in [2.45, 2.75) is 45.2 Å². The SMILES string of the molecule is COc1ccc(OC)c(C(C)NC(=O)CCCC(C)N)c1. The molecule has 0 radical (unpaired) electrons. The highest BCUT2D eigenvalue weighted by atomic mass is 16.5. The van der Waals surface area contributed by atoms with E-state index >= 15 is 0 Å². The van der Waals surface area contributed by atoms with Crippen LogP contribution in [0.25, 0.3) is 0 Å². The number of methoxy groups -OCH3 is 2. The molecule has 1 rings (SSSR count). The third-order valence-electron chi connectivity index (χ3n) is 3.34. The summed E-state index contributed by atoms with van der Waals surface area (Å²) in [5, 5.41) is 2.98. The quantitative estimate of drug-likeness (QED) is 0.772.